The van der Waals surface area contributed by atoms with E-state index < -0.39 is 11.6 Å². The first kappa shape index (κ1) is 18.2. The van der Waals surface area contributed by atoms with E-state index in [1.165, 1.54) is 29.5 Å². The summed E-state index contributed by atoms with van der Waals surface area (Å²) in [5.74, 6) is -1.22. The number of aromatic nitrogens is 5. The lowest BCUT2D eigenvalue weighted by Crippen LogP contribution is -2.07. The Morgan fingerprint density at radius 3 is 2.64 bits per heavy atom. The normalized spacial score (nSPS) is 11.1. The van der Waals surface area contributed by atoms with Gasteiger partial charge in [-0.1, -0.05) is 6.07 Å². The Bertz CT molecular complexity index is 1100. The van der Waals surface area contributed by atoms with Crippen LogP contribution in [0.3, 0.4) is 0 Å². The molecule has 3 heterocycles. The Hall–Kier alpha value is -3.20. The first-order valence-corrected chi connectivity index (χ1v) is 9.47. The molecule has 0 saturated carbocycles. The van der Waals surface area contributed by atoms with Crippen molar-refractivity contribution in [3.05, 3.63) is 64.9 Å². The van der Waals surface area contributed by atoms with Gasteiger partial charge in [-0.2, -0.15) is 5.10 Å². The molecule has 0 aliphatic carbocycles. The summed E-state index contributed by atoms with van der Waals surface area (Å²) < 4.78 is 30.1. The van der Waals surface area contributed by atoms with Gasteiger partial charge in [-0.05, 0) is 25.1 Å². The Balaban J connectivity index is 1.83. The fraction of sp³-hybridized carbons (Fsp3) is 0.158. The van der Waals surface area contributed by atoms with Crippen LogP contribution in [0, 0.1) is 11.6 Å². The summed E-state index contributed by atoms with van der Waals surface area (Å²) in [7, 11) is 0. The number of aryl methyl sites for hydroxylation is 1. The highest BCUT2D eigenvalue weighted by molar-refractivity contribution is 7.13. The van der Waals surface area contributed by atoms with Crippen LogP contribution >= 0.6 is 11.3 Å². The van der Waals surface area contributed by atoms with E-state index in [0.29, 0.717) is 23.5 Å². The van der Waals surface area contributed by atoms with E-state index in [2.05, 4.69) is 20.1 Å². The van der Waals surface area contributed by atoms with Gasteiger partial charge in [0.2, 0.25) is 5.95 Å². The van der Waals surface area contributed by atoms with Gasteiger partial charge in [0.05, 0.1) is 11.4 Å². The molecule has 0 saturated heterocycles. The van der Waals surface area contributed by atoms with E-state index in [-0.39, 0.29) is 17.9 Å². The van der Waals surface area contributed by atoms with Crippen molar-refractivity contribution in [1.29, 1.82) is 0 Å². The van der Waals surface area contributed by atoms with Crippen LogP contribution < -0.4 is 5.73 Å². The molecule has 0 aliphatic rings. The van der Waals surface area contributed by atoms with Crippen LogP contribution in [0.4, 0.5) is 14.7 Å². The molecule has 0 radical (unpaired) electrons. The topological polar surface area (TPSA) is 82.5 Å². The maximum Gasteiger partial charge on any atom is 0.220 e. The largest absolute Gasteiger partial charge is 0.368 e. The molecular weight excluding hydrogens is 382 g/mol. The molecule has 4 aromatic rings. The van der Waals surface area contributed by atoms with Gasteiger partial charge in [0.25, 0.3) is 0 Å². The minimum atomic E-state index is -0.629. The van der Waals surface area contributed by atoms with Crippen LogP contribution in [-0.2, 0) is 13.0 Å². The van der Waals surface area contributed by atoms with Crippen LogP contribution in [0.2, 0.25) is 0 Å². The molecule has 0 aliphatic heterocycles. The summed E-state index contributed by atoms with van der Waals surface area (Å²) in [5, 5.41) is 7.24. The fourth-order valence-corrected chi connectivity index (χ4v) is 3.57. The molecule has 0 spiro atoms. The van der Waals surface area contributed by atoms with Gasteiger partial charge in [-0.25, -0.2) is 23.7 Å². The van der Waals surface area contributed by atoms with E-state index in [4.69, 9.17) is 5.73 Å². The van der Waals surface area contributed by atoms with Crippen molar-refractivity contribution in [3.8, 4) is 22.0 Å². The van der Waals surface area contributed by atoms with Gasteiger partial charge in [0, 0.05) is 41.9 Å². The lowest BCUT2D eigenvalue weighted by atomic mass is 10.0. The lowest BCUT2D eigenvalue weighted by Gasteiger charge is -2.11. The van der Waals surface area contributed by atoms with Crippen LogP contribution in [0.25, 0.3) is 22.0 Å². The summed E-state index contributed by atoms with van der Waals surface area (Å²) in [5.41, 5.74) is 8.18. The third-order valence-electron chi connectivity index (χ3n) is 4.30. The molecule has 6 nitrogen and oxygen atoms in total. The number of halogens is 2. The number of benzene rings is 1. The molecule has 3 aromatic heterocycles. The molecule has 0 bridgehead atoms. The standard InChI is InChI=1S/C19H16F2N6S/c1-2-27-17(9-16(26-27)18-23-6-7-28-18)12-10-24-19(22)25-15(12)8-11-13(20)4-3-5-14(11)21/h3-7,9-10H,2,8H2,1H3,(H2,22,24,25). The van der Waals surface area contributed by atoms with Crippen molar-refractivity contribution >= 4 is 17.3 Å². The number of hydrogen-bond donors (Lipinski definition) is 1. The summed E-state index contributed by atoms with van der Waals surface area (Å²) in [6, 6.07) is 5.65. The molecule has 0 atom stereocenters. The van der Waals surface area contributed by atoms with Gasteiger partial charge in [-0.3, -0.25) is 4.68 Å². The number of nitrogens with two attached hydrogens (primary N) is 1. The predicted octanol–water partition coefficient (Wildman–Crippen LogP) is 3.93. The van der Waals surface area contributed by atoms with Crippen molar-refractivity contribution in [2.24, 2.45) is 0 Å². The SMILES string of the molecule is CCn1nc(-c2nccs2)cc1-c1cnc(N)nc1Cc1c(F)cccc1F. The van der Waals surface area contributed by atoms with E-state index >= 15 is 0 Å². The number of thiazole rings is 1. The molecule has 0 fully saturated rings. The first-order valence-electron chi connectivity index (χ1n) is 8.59. The Morgan fingerprint density at radius 2 is 1.96 bits per heavy atom. The summed E-state index contributed by atoms with van der Waals surface area (Å²) in [6.07, 6.45) is 3.22. The van der Waals surface area contributed by atoms with Crippen LogP contribution in [0.5, 0.6) is 0 Å². The fourth-order valence-electron chi connectivity index (χ4n) is 2.98. The molecule has 1 aromatic carbocycles. The smallest absolute Gasteiger partial charge is 0.220 e. The van der Waals surface area contributed by atoms with Crippen molar-refractivity contribution in [2.45, 2.75) is 19.9 Å². The molecule has 28 heavy (non-hydrogen) atoms. The molecule has 142 valence electrons. The average molecular weight is 398 g/mol. The third-order valence-corrected chi connectivity index (χ3v) is 5.09. The van der Waals surface area contributed by atoms with Gasteiger partial charge in [0.1, 0.15) is 22.3 Å². The number of hydrogen-bond acceptors (Lipinski definition) is 6. The Morgan fingerprint density at radius 1 is 1.18 bits per heavy atom. The first-order chi connectivity index (χ1) is 13.6. The van der Waals surface area contributed by atoms with E-state index in [0.717, 1.165) is 10.7 Å². The summed E-state index contributed by atoms with van der Waals surface area (Å²) in [4.78, 5) is 12.6. The average Bonchev–Trinajstić information content (AvgIpc) is 3.34. The number of anilines is 1. The van der Waals surface area contributed by atoms with Crippen molar-refractivity contribution < 1.29 is 8.78 Å². The van der Waals surface area contributed by atoms with Crippen molar-refractivity contribution in [3.63, 3.8) is 0 Å². The van der Waals surface area contributed by atoms with Crippen molar-refractivity contribution in [1.82, 2.24) is 24.7 Å². The van der Waals surface area contributed by atoms with Gasteiger partial charge in [-0.15, -0.1) is 11.3 Å². The third kappa shape index (κ3) is 3.36. The molecule has 0 amide bonds. The second-order valence-electron chi connectivity index (χ2n) is 6.03. The number of nitrogen functional groups attached to an aromatic ring is 1. The molecule has 2 N–H and O–H groups in total. The quantitative estimate of drug-likeness (QED) is 0.551. The van der Waals surface area contributed by atoms with Crippen LogP contribution in [0.1, 0.15) is 18.2 Å². The lowest BCUT2D eigenvalue weighted by molar-refractivity contribution is 0.560. The van der Waals surface area contributed by atoms with E-state index in [1.807, 2.05) is 18.4 Å². The molecule has 4 rings (SSSR count). The number of nitrogens with zero attached hydrogens (tertiary/aromatic N) is 5. The maximum absolute atomic E-state index is 14.2. The second kappa shape index (κ2) is 7.43. The zero-order valence-corrected chi connectivity index (χ0v) is 15.7. The van der Waals surface area contributed by atoms with Gasteiger partial charge in [0.15, 0.2) is 0 Å². The van der Waals surface area contributed by atoms with E-state index in [1.54, 1.807) is 17.1 Å². The highest BCUT2D eigenvalue weighted by Gasteiger charge is 2.19. The minimum absolute atomic E-state index is 0.0400. The highest BCUT2D eigenvalue weighted by atomic mass is 32.1. The second-order valence-corrected chi connectivity index (χ2v) is 6.93. The monoisotopic (exact) mass is 398 g/mol. The molecule has 9 heteroatoms. The zero-order chi connectivity index (χ0) is 19.7. The summed E-state index contributed by atoms with van der Waals surface area (Å²) >= 11 is 1.48. The Labute approximate surface area is 163 Å². The molecule has 0 unspecified atom stereocenters. The number of rotatable bonds is 5. The van der Waals surface area contributed by atoms with Gasteiger partial charge < -0.3 is 5.73 Å². The van der Waals surface area contributed by atoms with Gasteiger partial charge >= 0.3 is 0 Å². The Kier molecular flexibility index (Phi) is 4.82. The van der Waals surface area contributed by atoms with Crippen LogP contribution in [0.15, 0.2) is 42.0 Å². The summed E-state index contributed by atoms with van der Waals surface area (Å²) in [6.45, 7) is 2.55. The maximum atomic E-state index is 14.2. The van der Waals surface area contributed by atoms with Crippen LogP contribution in [-0.4, -0.2) is 24.7 Å². The predicted molar refractivity (Wildman–Crippen MR) is 104 cm³/mol. The van der Waals surface area contributed by atoms with E-state index in [9.17, 15) is 8.78 Å². The van der Waals surface area contributed by atoms with Crippen molar-refractivity contribution in [2.75, 3.05) is 5.73 Å². The molecular formula is C19H16F2N6S. The zero-order valence-electron chi connectivity index (χ0n) is 14.9. The minimum Gasteiger partial charge on any atom is -0.368 e. The highest BCUT2D eigenvalue weighted by Crippen LogP contribution is 2.30.